The van der Waals surface area contributed by atoms with Gasteiger partial charge in [0.2, 0.25) is 5.91 Å². The average molecular weight is 585 g/mol. The fourth-order valence-electron chi connectivity index (χ4n) is 7.57. The zero-order valence-electron chi connectivity index (χ0n) is 24.6. The van der Waals surface area contributed by atoms with Gasteiger partial charge in [-0.25, -0.2) is 4.98 Å². The Bertz CT molecular complexity index is 1040. The Morgan fingerprint density at radius 3 is 2.41 bits per heavy atom. The van der Waals surface area contributed by atoms with Crippen molar-refractivity contribution < 1.29 is 9.90 Å². The zero-order valence-corrected chi connectivity index (χ0v) is 25.4. The first-order chi connectivity index (χ1) is 20.0. The summed E-state index contributed by atoms with van der Waals surface area (Å²) in [6.07, 6.45) is 16.8. The fraction of sp³-hybridized carbons (Fsp3) is 0.719. The highest BCUT2D eigenvalue weighted by molar-refractivity contribution is 6.30. The maximum Gasteiger partial charge on any atom is 0.240 e. The molecule has 1 atom stereocenters. The number of carbonyl (C=O) groups is 1. The van der Waals surface area contributed by atoms with Gasteiger partial charge in [-0.15, -0.1) is 0 Å². The molecule has 1 aromatic carbocycles. The molecule has 2 N–H and O–H groups in total. The van der Waals surface area contributed by atoms with Crippen LogP contribution < -0.4 is 5.32 Å². The normalized spacial score (nSPS) is 21.7. The molecule has 41 heavy (non-hydrogen) atoms. The molecule has 9 heteroatoms. The van der Waals surface area contributed by atoms with Crippen molar-refractivity contribution in [3.63, 3.8) is 0 Å². The van der Waals surface area contributed by atoms with Crippen molar-refractivity contribution in [1.82, 2.24) is 29.9 Å². The number of hydrogen-bond donors (Lipinski definition) is 2. The van der Waals surface area contributed by atoms with Crippen LogP contribution in [0.15, 0.2) is 36.9 Å². The minimum atomic E-state index is -0.236. The molecule has 0 bridgehead atoms. The second-order valence-electron chi connectivity index (χ2n) is 12.7. The van der Waals surface area contributed by atoms with E-state index in [-0.39, 0.29) is 24.0 Å². The molecular weight excluding hydrogens is 536 g/mol. The quantitative estimate of drug-likeness (QED) is 0.356. The number of benzene rings is 1. The Morgan fingerprint density at radius 2 is 1.76 bits per heavy atom. The molecular formula is C32H49ClN6O2. The van der Waals surface area contributed by atoms with Crippen molar-refractivity contribution >= 4 is 17.5 Å². The molecule has 3 heterocycles. The zero-order chi connectivity index (χ0) is 28.5. The lowest BCUT2D eigenvalue weighted by molar-refractivity contribution is -0.137. The van der Waals surface area contributed by atoms with Gasteiger partial charge < -0.3 is 20.2 Å². The summed E-state index contributed by atoms with van der Waals surface area (Å²) in [4.78, 5) is 23.0. The molecule has 0 radical (unpaired) electrons. The van der Waals surface area contributed by atoms with Crippen LogP contribution in [0.2, 0.25) is 5.02 Å². The summed E-state index contributed by atoms with van der Waals surface area (Å²) in [6, 6.07) is 8.05. The molecule has 2 saturated heterocycles. The van der Waals surface area contributed by atoms with Gasteiger partial charge in [0, 0.05) is 37.3 Å². The number of carbonyl (C=O) groups excluding carboxylic acids is 1. The van der Waals surface area contributed by atoms with E-state index in [2.05, 4.69) is 37.3 Å². The van der Waals surface area contributed by atoms with Crippen LogP contribution in [-0.4, -0.2) is 87.0 Å². The second kappa shape index (κ2) is 14.9. The van der Waals surface area contributed by atoms with Crippen LogP contribution in [0.5, 0.6) is 0 Å². The standard InChI is InChI=1S/C32H49ClN6O2/c33-28-10-8-26(9-11-28)22-30(36-29-12-17-37(18-13-29)16-4-5-21-40)31(41)38-19-14-32(15-20-38,23-39-25-34-24-35-39)27-6-2-1-3-7-27/h8-11,24-25,27,29-30,36,40H,1-7,12-23H2/t30-/m1/s1. The maximum absolute atomic E-state index is 14.2. The number of aromatic nitrogens is 3. The first-order valence-corrected chi connectivity index (χ1v) is 16.4. The first kappa shape index (κ1) is 30.5. The van der Waals surface area contributed by atoms with Gasteiger partial charge in [0.1, 0.15) is 12.7 Å². The van der Waals surface area contributed by atoms with Crippen molar-refractivity contribution in [3.8, 4) is 0 Å². The highest BCUT2D eigenvalue weighted by Crippen LogP contribution is 2.47. The number of aliphatic hydroxyl groups is 1. The lowest BCUT2D eigenvalue weighted by Gasteiger charge is -2.48. The van der Waals surface area contributed by atoms with Crippen molar-refractivity contribution in [2.24, 2.45) is 11.3 Å². The van der Waals surface area contributed by atoms with E-state index in [1.165, 1.54) is 32.1 Å². The summed E-state index contributed by atoms with van der Waals surface area (Å²) in [5.41, 5.74) is 1.33. The van der Waals surface area contributed by atoms with E-state index in [4.69, 9.17) is 16.7 Å². The first-order valence-electron chi connectivity index (χ1n) is 16.0. The predicted molar refractivity (Wildman–Crippen MR) is 163 cm³/mol. The van der Waals surface area contributed by atoms with Crippen molar-refractivity contribution in [2.75, 3.05) is 39.3 Å². The van der Waals surface area contributed by atoms with Gasteiger partial charge in [-0.1, -0.05) is 43.0 Å². The molecule has 2 aliphatic heterocycles. The van der Waals surface area contributed by atoms with Crippen LogP contribution in [0.3, 0.4) is 0 Å². The Balaban J connectivity index is 1.24. The van der Waals surface area contributed by atoms with Gasteiger partial charge in [-0.2, -0.15) is 5.10 Å². The summed E-state index contributed by atoms with van der Waals surface area (Å²) in [5.74, 6) is 0.937. The maximum atomic E-state index is 14.2. The summed E-state index contributed by atoms with van der Waals surface area (Å²) in [7, 11) is 0. The second-order valence-corrected chi connectivity index (χ2v) is 13.1. The molecule has 8 nitrogen and oxygen atoms in total. The van der Waals surface area contributed by atoms with E-state index in [9.17, 15) is 4.79 Å². The molecule has 1 amide bonds. The molecule has 226 valence electrons. The highest BCUT2D eigenvalue weighted by atomic mass is 35.5. The minimum absolute atomic E-state index is 0.187. The number of rotatable bonds is 12. The molecule has 3 fully saturated rings. The van der Waals surface area contributed by atoms with Crippen LogP contribution in [-0.2, 0) is 17.8 Å². The summed E-state index contributed by atoms with van der Waals surface area (Å²) in [5, 5.41) is 18.1. The van der Waals surface area contributed by atoms with Gasteiger partial charge in [-0.05, 0) is 106 Å². The monoisotopic (exact) mass is 584 g/mol. The molecule has 1 aliphatic carbocycles. The minimum Gasteiger partial charge on any atom is -0.396 e. The summed E-state index contributed by atoms with van der Waals surface area (Å²) in [6.45, 7) is 5.93. The summed E-state index contributed by atoms with van der Waals surface area (Å²) < 4.78 is 2.02. The van der Waals surface area contributed by atoms with Crippen molar-refractivity contribution in [3.05, 3.63) is 47.5 Å². The molecule has 0 unspecified atom stereocenters. The number of likely N-dealkylation sites (tertiary alicyclic amines) is 2. The van der Waals surface area contributed by atoms with Gasteiger partial charge >= 0.3 is 0 Å². The van der Waals surface area contributed by atoms with Crippen LogP contribution in [0, 0.1) is 11.3 Å². The number of halogens is 1. The highest BCUT2D eigenvalue weighted by Gasteiger charge is 2.44. The number of nitrogens with one attached hydrogen (secondary N) is 1. The van der Waals surface area contributed by atoms with Crippen molar-refractivity contribution in [2.45, 2.75) is 95.7 Å². The van der Waals surface area contributed by atoms with E-state index in [0.717, 1.165) is 88.4 Å². The van der Waals surface area contributed by atoms with Gasteiger partial charge in [0.05, 0.1) is 6.04 Å². The van der Waals surface area contributed by atoms with E-state index < -0.39 is 0 Å². The third kappa shape index (κ3) is 8.31. The number of amides is 1. The Labute approximate surface area is 250 Å². The van der Waals surface area contributed by atoms with E-state index in [1.807, 2.05) is 23.1 Å². The smallest absolute Gasteiger partial charge is 0.240 e. The third-order valence-corrected chi connectivity index (χ3v) is 10.3. The van der Waals surface area contributed by atoms with Crippen LogP contribution in [0.1, 0.15) is 76.2 Å². The number of aliphatic hydroxyl groups excluding tert-OH is 1. The largest absolute Gasteiger partial charge is 0.396 e. The lowest BCUT2D eigenvalue weighted by Crippen LogP contribution is -2.56. The predicted octanol–water partition coefficient (Wildman–Crippen LogP) is 4.56. The molecule has 3 aliphatic rings. The van der Waals surface area contributed by atoms with Crippen LogP contribution >= 0.6 is 11.6 Å². The molecule has 1 saturated carbocycles. The van der Waals surface area contributed by atoms with Gasteiger partial charge in [0.15, 0.2) is 0 Å². The Morgan fingerprint density at radius 1 is 1.02 bits per heavy atom. The Kier molecular flexibility index (Phi) is 11.1. The van der Waals surface area contributed by atoms with Crippen molar-refractivity contribution in [1.29, 1.82) is 0 Å². The summed E-state index contributed by atoms with van der Waals surface area (Å²) >= 11 is 6.17. The van der Waals surface area contributed by atoms with Crippen LogP contribution in [0.25, 0.3) is 0 Å². The Hall–Kier alpha value is -2.00. The van der Waals surface area contributed by atoms with E-state index in [0.29, 0.717) is 18.4 Å². The number of piperidine rings is 2. The molecule has 0 spiro atoms. The van der Waals surface area contributed by atoms with Gasteiger partial charge in [-0.3, -0.25) is 9.48 Å². The third-order valence-electron chi connectivity index (χ3n) is 10.0. The molecule has 5 rings (SSSR count). The number of nitrogens with zero attached hydrogens (tertiary/aromatic N) is 5. The van der Waals surface area contributed by atoms with Crippen LogP contribution in [0.4, 0.5) is 0 Å². The molecule has 1 aromatic heterocycles. The van der Waals surface area contributed by atoms with Gasteiger partial charge in [0.25, 0.3) is 0 Å². The fourth-order valence-corrected chi connectivity index (χ4v) is 7.69. The van der Waals surface area contributed by atoms with E-state index >= 15 is 0 Å². The van der Waals surface area contributed by atoms with E-state index in [1.54, 1.807) is 6.33 Å². The molecule has 2 aromatic rings. The lowest BCUT2D eigenvalue weighted by atomic mass is 9.63. The SMILES string of the molecule is O=C([C@@H](Cc1ccc(Cl)cc1)NC1CCN(CCCCO)CC1)N1CCC(Cn2cncn2)(C2CCCCC2)CC1. The topological polar surface area (TPSA) is 86.5 Å². The average Bonchev–Trinajstić information content (AvgIpc) is 3.52. The number of unbranched alkanes of at least 4 members (excludes halogenated alkanes) is 1. The number of hydrogen-bond acceptors (Lipinski definition) is 6.